The topological polar surface area (TPSA) is 38.3 Å². The molecule has 0 saturated heterocycles. The molecule has 3 nitrogen and oxygen atoms in total. The van der Waals surface area contributed by atoms with Crippen molar-refractivity contribution in [3.63, 3.8) is 0 Å². The highest BCUT2D eigenvalue weighted by molar-refractivity contribution is 6.30. The molecule has 0 spiro atoms. The van der Waals surface area contributed by atoms with Crippen LogP contribution in [-0.4, -0.2) is 13.0 Å². The smallest absolute Gasteiger partial charge is 0.220 e. The summed E-state index contributed by atoms with van der Waals surface area (Å²) in [5.74, 6) is 0.924. The third-order valence-electron chi connectivity index (χ3n) is 4.12. The minimum Gasteiger partial charge on any atom is -0.496 e. The molecule has 1 atom stereocenters. The summed E-state index contributed by atoms with van der Waals surface area (Å²) in [5, 5.41) is 3.84. The van der Waals surface area contributed by atoms with Crippen LogP contribution in [0.5, 0.6) is 5.75 Å². The Bertz CT molecular complexity index is 683. The molecule has 0 unspecified atom stereocenters. The lowest BCUT2D eigenvalue weighted by atomic mass is 10.0. The molecule has 0 aliphatic carbocycles. The fraction of sp³-hybridized carbons (Fsp3) is 0.350. The fourth-order valence-corrected chi connectivity index (χ4v) is 2.84. The Balaban J connectivity index is 1.95. The molecule has 0 radical (unpaired) electrons. The van der Waals surface area contributed by atoms with Gasteiger partial charge in [-0.1, -0.05) is 42.8 Å². The molecule has 1 amide bonds. The van der Waals surface area contributed by atoms with E-state index in [-0.39, 0.29) is 11.9 Å². The minimum atomic E-state index is 0.0207. The Labute approximate surface area is 149 Å². The predicted octanol–water partition coefficient (Wildman–Crippen LogP) is 4.86. The van der Waals surface area contributed by atoms with Crippen LogP contribution >= 0.6 is 11.6 Å². The standard InChI is InChI=1S/C20H24ClNO2/c1-4-18(16-8-11-19(24-3)14(2)13-16)22-20(23)12-7-15-5-9-17(21)10-6-15/h5-6,8-11,13,18H,4,7,12H2,1-3H3,(H,22,23)/t18-/m1/s1. The number of aryl methyl sites for hydroxylation is 2. The van der Waals surface area contributed by atoms with Crippen molar-refractivity contribution < 1.29 is 9.53 Å². The Kier molecular flexibility index (Phi) is 6.68. The van der Waals surface area contributed by atoms with Gasteiger partial charge in [0.2, 0.25) is 5.91 Å². The van der Waals surface area contributed by atoms with Crippen molar-refractivity contribution >= 4 is 17.5 Å². The van der Waals surface area contributed by atoms with E-state index in [1.807, 2.05) is 43.3 Å². The first kappa shape index (κ1) is 18.3. The van der Waals surface area contributed by atoms with E-state index in [0.717, 1.165) is 28.9 Å². The highest BCUT2D eigenvalue weighted by Gasteiger charge is 2.14. The van der Waals surface area contributed by atoms with Crippen LogP contribution in [0.2, 0.25) is 5.02 Å². The third-order valence-corrected chi connectivity index (χ3v) is 4.37. The SMILES string of the molecule is CC[C@@H](NC(=O)CCc1ccc(Cl)cc1)c1ccc(OC)c(C)c1. The number of rotatable bonds is 7. The van der Waals surface area contributed by atoms with Gasteiger partial charge in [0.1, 0.15) is 5.75 Å². The van der Waals surface area contributed by atoms with Crippen LogP contribution in [0.25, 0.3) is 0 Å². The second-order valence-corrected chi connectivity index (χ2v) is 6.32. The largest absolute Gasteiger partial charge is 0.496 e. The Hall–Kier alpha value is -2.00. The Morgan fingerprint density at radius 3 is 2.50 bits per heavy atom. The van der Waals surface area contributed by atoms with Gasteiger partial charge >= 0.3 is 0 Å². The number of ether oxygens (including phenoxy) is 1. The van der Waals surface area contributed by atoms with Crippen LogP contribution in [0, 0.1) is 6.92 Å². The zero-order valence-electron chi connectivity index (χ0n) is 14.4. The maximum absolute atomic E-state index is 12.3. The first-order valence-corrected chi connectivity index (χ1v) is 8.59. The quantitative estimate of drug-likeness (QED) is 0.778. The number of methoxy groups -OCH3 is 1. The van der Waals surface area contributed by atoms with Crippen LogP contribution in [-0.2, 0) is 11.2 Å². The molecule has 2 rings (SSSR count). The van der Waals surface area contributed by atoms with Crippen LogP contribution in [0.1, 0.15) is 42.5 Å². The lowest BCUT2D eigenvalue weighted by molar-refractivity contribution is -0.121. The van der Waals surface area contributed by atoms with E-state index in [0.29, 0.717) is 17.9 Å². The highest BCUT2D eigenvalue weighted by atomic mass is 35.5. The summed E-state index contributed by atoms with van der Waals surface area (Å²) >= 11 is 5.88. The summed E-state index contributed by atoms with van der Waals surface area (Å²) in [5.41, 5.74) is 3.29. The lowest BCUT2D eigenvalue weighted by Gasteiger charge is -2.19. The van der Waals surface area contributed by atoms with Gasteiger partial charge in [-0.2, -0.15) is 0 Å². The van der Waals surface area contributed by atoms with E-state index < -0.39 is 0 Å². The highest BCUT2D eigenvalue weighted by Crippen LogP contribution is 2.24. The van der Waals surface area contributed by atoms with Gasteiger partial charge in [0.05, 0.1) is 13.2 Å². The van der Waals surface area contributed by atoms with Gasteiger partial charge in [0.15, 0.2) is 0 Å². The van der Waals surface area contributed by atoms with E-state index in [1.165, 1.54) is 0 Å². The number of carbonyl (C=O) groups is 1. The van der Waals surface area contributed by atoms with E-state index >= 15 is 0 Å². The molecular formula is C20H24ClNO2. The summed E-state index contributed by atoms with van der Waals surface area (Å²) in [6, 6.07) is 13.7. The van der Waals surface area contributed by atoms with Crippen molar-refractivity contribution in [2.24, 2.45) is 0 Å². The number of amides is 1. The average Bonchev–Trinajstić information content (AvgIpc) is 2.59. The van der Waals surface area contributed by atoms with E-state index in [1.54, 1.807) is 7.11 Å². The molecule has 4 heteroatoms. The summed E-state index contributed by atoms with van der Waals surface area (Å²) in [4.78, 5) is 12.3. The van der Waals surface area contributed by atoms with Crippen LogP contribution < -0.4 is 10.1 Å². The number of hydrogen-bond acceptors (Lipinski definition) is 2. The molecule has 2 aromatic carbocycles. The zero-order chi connectivity index (χ0) is 17.5. The molecule has 0 heterocycles. The number of hydrogen-bond donors (Lipinski definition) is 1. The van der Waals surface area contributed by atoms with Gasteiger partial charge < -0.3 is 10.1 Å². The second-order valence-electron chi connectivity index (χ2n) is 5.88. The van der Waals surface area contributed by atoms with Crippen LogP contribution in [0.15, 0.2) is 42.5 Å². The molecule has 0 bridgehead atoms. The molecule has 0 aromatic heterocycles. The molecule has 2 aromatic rings. The van der Waals surface area contributed by atoms with Gasteiger partial charge in [-0.15, -0.1) is 0 Å². The molecule has 24 heavy (non-hydrogen) atoms. The first-order valence-electron chi connectivity index (χ1n) is 8.21. The second kappa shape index (κ2) is 8.74. The number of carbonyl (C=O) groups excluding carboxylic acids is 1. The van der Waals surface area contributed by atoms with Gasteiger partial charge in [-0.25, -0.2) is 0 Å². The van der Waals surface area contributed by atoms with Gasteiger partial charge in [-0.3, -0.25) is 4.79 Å². The monoisotopic (exact) mass is 345 g/mol. The van der Waals surface area contributed by atoms with Crippen molar-refractivity contribution in [2.75, 3.05) is 7.11 Å². The van der Waals surface area contributed by atoms with Crippen molar-refractivity contribution in [3.05, 3.63) is 64.2 Å². The third kappa shape index (κ3) is 5.00. The van der Waals surface area contributed by atoms with Crippen LogP contribution in [0.3, 0.4) is 0 Å². The van der Waals surface area contributed by atoms with E-state index in [9.17, 15) is 4.79 Å². The molecule has 0 saturated carbocycles. The summed E-state index contributed by atoms with van der Waals surface area (Å²) in [7, 11) is 1.66. The Morgan fingerprint density at radius 1 is 1.21 bits per heavy atom. The van der Waals surface area contributed by atoms with Crippen molar-refractivity contribution in [1.29, 1.82) is 0 Å². The van der Waals surface area contributed by atoms with E-state index in [2.05, 4.69) is 18.3 Å². The number of benzene rings is 2. The van der Waals surface area contributed by atoms with Crippen molar-refractivity contribution in [2.45, 2.75) is 39.2 Å². The molecule has 128 valence electrons. The van der Waals surface area contributed by atoms with Crippen LogP contribution in [0.4, 0.5) is 0 Å². The number of halogens is 1. The summed E-state index contributed by atoms with van der Waals surface area (Å²) in [6.07, 6.45) is 2.02. The summed E-state index contributed by atoms with van der Waals surface area (Å²) in [6.45, 7) is 4.08. The van der Waals surface area contributed by atoms with Crippen molar-refractivity contribution in [1.82, 2.24) is 5.32 Å². The maximum Gasteiger partial charge on any atom is 0.220 e. The molecule has 0 fully saturated rings. The van der Waals surface area contributed by atoms with E-state index in [4.69, 9.17) is 16.3 Å². The van der Waals surface area contributed by atoms with Crippen molar-refractivity contribution in [3.8, 4) is 5.75 Å². The average molecular weight is 346 g/mol. The molecule has 0 aliphatic rings. The Morgan fingerprint density at radius 2 is 1.92 bits per heavy atom. The first-order chi connectivity index (χ1) is 11.5. The zero-order valence-corrected chi connectivity index (χ0v) is 15.2. The van der Waals surface area contributed by atoms with Gasteiger partial charge in [0.25, 0.3) is 0 Å². The predicted molar refractivity (Wildman–Crippen MR) is 98.7 cm³/mol. The lowest BCUT2D eigenvalue weighted by Crippen LogP contribution is -2.28. The molecule has 0 aliphatic heterocycles. The normalized spacial score (nSPS) is 11.8. The van der Waals surface area contributed by atoms with Gasteiger partial charge in [0, 0.05) is 11.4 Å². The fourth-order valence-electron chi connectivity index (χ4n) is 2.71. The molecule has 1 N–H and O–H groups in total. The molecular weight excluding hydrogens is 322 g/mol. The number of nitrogens with one attached hydrogen (secondary N) is 1. The summed E-state index contributed by atoms with van der Waals surface area (Å²) < 4.78 is 5.29. The maximum atomic E-state index is 12.3. The minimum absolute atomic E-state index is 0.0207. The van der Waals surface area contributed by atoms with Gasteiger partial charge in [-0.05, 0) is 54.7 Å².